The summed E-state index contributed by atoms with van der Waals surface area (Å²) < 4.78 is 45.3. The minimum absolute atomic E-state index is 0.0380. The number of amides is 1. The molecule has 0 aliphatic rings. The molecule has 4 rings (SSSR count). The van der Waals surface area contributed by atoms with Crippen LogP contribution < -0.4 is 9.50 Å². The molecule has 6 nitrogen and oxygen atoms in total. The van der Waals surface area contributed by atoms with Crippen molar-refractivity contribution < 1.29 is 21.8 Å². The van der Waals surface area contributed by atoms with Gasteiger partial charge in [0.2, 0.25) is 0 Å². The summed E-state index contributed by atoms with van der Waals surface area (Å²) in [5.74, 6) is -1.56. The summed E-state index contributed by atoms with van der Waals surface area (Å²) in [7, 11) is -4.20. The second kappa shape index (κ2) is 9.79. The molecule has 0 radical (unpaired) electrons. The summed E-state index contributed by atoms with van der Waals surface area (Å²) >= 11 is 0. The number of carbonyl (C=O) groups excluding carboxylic acids is 1. The van der Waals surface area contributed by atoms with E-state index in [1.165, 1.54) is 42.5 Å². The van der Waals surface area contributed by atoms with Crippen LogP contribution in [0.1, 0.15) is 11.1 Å². The SMILES string of the molecule is Cc1ccc(S(=O)(=O)Oc2ccc3ccccc3c2/C=C(\C#N)C(=O)Nc2ccccc2F)cc1. The maximum absolute atomic E-state index is 14.0. The van der Waals surface area contributed by atoms with Crippen molar-refractivity contribution >= 4 is 38.6 Å². The monoisotopic (exact) mass is 486 g/mol. The highest BCUT2D eigenvalue weighted by Crippen LogP contribution is 2.32. The highest BCUT2D eigenvalue weighted by Gasteiger charge is 2.21. The van der Waals surface area contributed by atoms with Gasteiger partial charge in [-0.1, -0.05) is 60.2 Å². The summed E-state index contributed by atoms with van der Waals surface area (Å²) in [5.41, 5.74) is 0.661. The van der Waals surface area contributed by atoms with Crippen LogP contribution in [0.15, 0.2) is 95.4 Å². The van der Waals surface area contributed by atoms with Gasteiger partial charge < -0.3 is 9.50 Å². The van der Waals surface area contributed by atoms with Gasteiger partial charge in [-0.25, -0.2) is 4.39 Å². The molecule has 0 unspecified atom stereocenters. The Kier molecular flexibility index (Phi) is 6.62. The number of benzene rings is 4. The molecule has 35 heavy (non-hydrogen) atoms. The van der Waals surface area contributed by atoms with E-state index in [9.17, 15) is 22.9 Å². The highest BCUT2D eigenvalue weighted by molar-refractivity contribution is 7.87. The summed E-state index contributed by atoms with van der Waals surface area (Å²) in [6.07, 6.45) is 1.23. The van der Waals surface area contributed by atoms with Gasteiger partial charge in [-0.05, 0) is 54.1 Å². The molecule has 1 N–H and O–H groups in total. The summed E-state index contributed by atoms with van der Waals surface area (Å²) in [6.45, 7) is 1.83. The molecule has 4 aromatic carbocycles. The molecule has 0 aliphatic heterocycles. The Morgan fingerprint density at radius 2 is 1.66 bits per heavy atom. The van der Waals surface area contributed by atoms with E-state index in [4.69, 9.17) is 4.18 Å². The topological polar surface area (TPSA) is 96.3 Å². The van der Waals surface area contributed by atoms with Gasteiger partial charge >= 0.3 is 10.1 Å². The smallest absolute Gasteiger partial charge is 0.339 e. The number of nitrogens with one attached hydrogen (secondary N) is 1. The van der Waals surface area contributed by atoms with Gasteiger partial charge in [-0.2, -0.15) is 13.7 Å². The van der Waals surface area contributed by atoms with Crippen molar-refractivity contribution in [3.63, 3.8) is 0 Å². The van der Waals surface area contributed by atoms with Crippen molar-refractivity contribution in [2.24, 2.45) is 0 Å². The maximum Gasteiger partial charge on any atom is 0.339 e. The molecule has 1 amide bonds. The maximum atomic E-state index is 14.0. The van der Waals surface area contributed by atoms with Crippen molar-refractivity contribution in [2.45, 2.75) is 11.8 Å². The zero-order valence-electron chi connectivity index (χ0n) is 18.5. The molecular formula is C27H19FN2O4S. The second-order valence-electron chi connectivity index (χ2n) is 7.65. The van der Waals surface area contributed by atoms with E-state index in [0.717, 1.165) is 10.9 Å². The number of aryl methyl sites for hydroxylation is 1. The molecule has 0 saturated carbocycles. The Morgan fingerprint density at radius 3 is 2.37 bits per heavy atom. The van der Waals surface area contributed by atoms with Gasteiger partial charge in [0, 0.05) is 5.56 Å². The van der Waals surface area contributed by atoms with E-state index in [-0.39, 0.29) is 27.5 Å². The number of nitriles is 1. The van der Waals surface area contributed by atoms with Crippen molar-refractivity contribution in [1.29, 1.82) is 5.26 Å². The molecule has 0 aliphatic carbocycles. The van der Waals surface area contributed by atoms with Crippen molar-refractivity contribution in [1.82, 2.24) is 0 Å². The zero-order valence-corrected chi connectivity index (χ0v) is 19.3. The summed E-state index contributed by atoms with van der Waals surface area (Å²) in [4.78, 5) is 12.7. The molecule has 0 fully saturated rings. The standard InChI is InChI=1S/C27H19FN2O4S/c1-18-10-13-21(14-11-18)35(32,33)34-26-15-12-19-6-2-3-7-22(19)23(26)16-20(17-29)27(31)30-25-9-5-4-8-24(25)28/h2-16H,1H3,(H,30,31)/b20-16+. The molecule has 4 aromatic rings. The van der Waals surface area contributed by atoms with E-state index in [1.807, 2.05) is 6.92 Å². The first-order chi connectivity index (χ1) is 16.8. The molecule has 0 heterocycles. The third-order valence-corrected chi connectivity index (χ3v) is 6.46. The molecule has 8 heteroatoms. The van der Waals surface area contributed by atoms with Crippen LogP contribution >= 0.6 is 0 Å². The average Bonchev–Trinajstić information content (AvgIpc) is 2.84. The fourth-order valence-electron chi connectivity index (χ4n) is 3.41. The van der Waals surface area contributed by atoms with E-state index in [2.05, 4.69) is 5.32 Å². The van der Waals surface area contributed by atoms with Crippen LogP contribution in [0.2, 0.25) is 0 Å². The Hall–Kier alpha value is -4.48. The second-order valence-corrected chi connectivity index (χ2v) is 9.20. The Balaban J connectivity index is 1.79. The largest absolute Gasteiger partial charge is 0.378 e. The summed E-state index contributed by atoms with van der Waals surface area (Å²) in [6, 6.07) is 23.7. The molecule has 0 atom stereocenters. The Bertz CT molecular complexity index is 1600. The third kappa shape index (κ3) is 5.21. The van der Waals surface area contributed by atoms with Gasteiger partial charge in [0.15, 0.2) is 5.75 Å². The number of rotatable bonds is 6. The third-order valence-electron chi connectivity index (χ3n) is 5.22. The lowest BCUT2D eigenvalue weighted by molar-refractivity contribution is -0.112. The predicted molar refractivity (Wildman–Crippen MR) is 132 cm³/mol. The first-order valence-corrected chi connectivity index (χ1v) is 11.9. The lowest BCUT2D eigenvalue weighted by Crippen LogP contribution is -2.15. The molecule has 0 bridgehead atoms. The number of hydrogen-bond acceptors (Lipinski definition) is 5. The number of halogens is 1. The van der Waals surface area contributed by atoms with Crippen LogP contribution in [0.4, 0.5) is 10.1 Å². The normalized spacial score (nSPS) is 11.6. The number of para-hydroxylation sites is 1. The van der Waals surface area contributed by atoms with Gasteiger partial charge in [-0.3, -0.25) is 4.79 Å². The van der Waals surface area contributed by atoms with Gasteiger partial charge in [0.1, 0.15) is 22.4 Å². The van der Waals surface area contributed by atoms with Gasteiger partial charge in [0.25, 0.3) is 5.91 Å². The molecule has 0 spiro atoms. The lowest BCUT2D eigenvalue weighted by atomic mass is 10.0. The Morgan fingerprint density at radius 1 is 0.971 bits per heavy atom. The average molecular weight is 487 g/mol. The van der Waals surface area contributed by atoms with Crippen molar-refractivity contribution in [3.05, 3.63) is 107 Å². The van der Waals surface area contributed by atoms with Crippen LogP contribution in [0.25, 0.3) is 16.8 Å². The molecule has 174 valence electrons. The highest BCUT2D eigenvalue weighted by atomic mass is 32.2. The number of anilines is 1. The fraction of sp³-hybridized carbons (Fsp3) is 0.0370. The number of carbonyl (C=O) groups is 1. The van der Waals surface area contributed by atoms with Crippen molar-refractivity contribution in [2.75, 3.05) is 5.32 Å². The number of hydrogen-bond donors (Lipinski definition) is 1. The van der Waals surface area contributed by atoms with E-state index in [0.29, 0.717) is 5.39 Å². The minimum atomic E-state index is -4.20. The molecule has 0 saturated heterocycles. The van der Waals surface area contributed by atoms with Crippen LogP contribution in [0.3, 0.4) is 0 Å². The van der Waals surface area contributed by atoms with E-state index >= 15 is 0 Å². The molecular weight excluding hydrogens is 467 g/mol. The Labute approximate surface area is 202 Å². The minimum Gasteiger partial charge on any atom is -0.378 e. The first-order valence-electron chi connectivity index (χ1n) is 10.5. The zero-order chi connectivity index (χ0) is 25.0. The number of fused-ring (bicyclic) bond motifs is 1. The van der Waals surface area contributed by atoms with Crippen LogP contribution in [-0.4, -0.2) is 14.3 Å². The summed E-state index contributed by atoms with van der Waals surface area (Å²) in [5, 5.41) is 13.3. The number of nitrogens with zero attached hydrogens (tertiary/aromatic N) is 1. The quantitative estimate of drug-likeness (QED) is 0.217. The van der Waals surface area contributed by atoms with E-state index < -0.39 is 21.8 Å². The lowest BCUT2D eigenvalue weighted by Gasteiger charge is -2.13. The van der Waals surface area contributed by atoms with Gasteiger partial charge in [-0.15, -0.1) is 0 Å². The van der Waals surface area contributed by atoms with Crippen LogP contribution in [0, 0.1) is 24.1 Å². The van der Waals surface area contributed by atoms with Crippen LogP contribution in [0.5, 0.6) is 5.75 Å². The van der Waals surface area contributed by atoms with Crippen molar-refractivity contribution in [3.8, 4) is 11.8 Å². The van der Waals surface area contributed by atoms with Gasteiger partial charge in [0.05, 0.1) is 5.69 Å². The van der Waals surface area contributed by atoms with E-state index in [1.54, 1.807) is 54.6 Å². The fourth-order valence-corrected chi connectivity index (χ4v) is 4.36. The predicted octanol–water partition coefficient (Wildman–Crippen LogP) is 5.60. The van der Waals surface area contributed by atoms with Crippen LogP contribution in [-0.2, 0) is 14.9 Å². The first kappa shape index (κ1) is 23.7. The molecule has 0 aromatic heterocycles.